The number of benzene rings is 1. The van der Waals surface area contributed by atoms with E-state index < -0.39 is 0 Å². The molecule has 1 aromatic carbocycles. The third-order valence-corrected chi connectivity index (χ3v) is 2.10. The highest BCUT2D eigenvalue weighted by Gasteiger charge is 2.22. The Morgan fingerprint density at radius 2 is 2.14 bits per heavy atom. The Morgan fingerprint density at radius 1 is 1.50 bits per heavy atom. The lowest BCUT2D eigenvalue weighted by atomic mass is 10.1. The molecule has 1 heterocycles. The van der Waals surface area contributed by atoms with Gasteiger partial charge in [-0.1, -0.05) is 0 Å². The molecule has 14 heavy (non-hydrogen) atoms. The third kappa shape index (κ3) is 2.33. The summed E-state index contributed by atoms with van der Waals surface area (Å²) in [5.41, 5.74) is 0.708. The fraction of sp³-hybridized carbons (Fsp3) is 0.364. The van der Waals surface area contributed by atoms with Crippen LogP contribution in [0.2, 0.25) is 0 Å². The molecular weight excluding hydrogens is 180 g/mol. The van der Waals surface area contributed by atoms with Gasteiger partial charge in [0.2, 0.25) is 0 Å². The van der Waals surface area contributed by atoms with E-state index in [1.54, 1.807) is 31.2 Å². The molecule has 3 nitrogen and oxygen atoms in total. The first-order valence-corrected chi connectivity index (χ1v) is 4.61. The predicted molar refractivity (Wildman–Crippen MR) is 51.7 cm³/mol. The maximum atomic E-state index is 11.0. The Labute approximate surface area is 82.6 Å². The molecule has 1 fully saturated rings. The molecule has 1 saturated heterocycles. The topological polar surface area (TPSA) is 38.8 Å². The van der Waals surface area contributed by atoms with E-state index in [2.05, 4.69) is 0 Å². The van der Waals surface area contributed by atoms with Crippen molar-refractivity contribution in [1.29, 1.82) is 0 Å². The lowest BCUT2D eigenvalue weighted by Gasteiger charge is -2.03. The lowest BCUT2D eigenvalue weighted by molar-refractivity contribution is 0.101. The van der Waals surface area contributed by atoms with Crippen LogP contribution in [0.4, 0.5) is 0 Å². The van der Waals surface area contributed by atoms with E-state index in [0.29, 0.717) is 12.2 Å². The summed E-state index contributed by atoms with van der Waals surface area (Å²) in [6.45, 7) is 2.94. The molecule has 0 amide bonds. The van der Waals surface area contributed by atoms with Crippen molar-refractivity contribution in [3.05, 3.63) is 29.8 Å². The van der Waals surface area contributed by atoms with Gasteiger partial charge < -0.3 is 9.47 Å². The number of ether oxygens (including phenoxy) is 2. The molecule has 1 aliphatic heterocycles. The molecule has 0 radical (unpaired) electrons. The van der Waals surface area contributed by atoms with Crippen molar-refractivity contribution in [2.75, 3.05) is 13.2 Å². The van der Waals surface area contributed by atoms with Crippen LogP contribution in [-0.2, 0) is 4.74 Å². The first kappa shape index (κ1) is 9.21. The Kier molecular flexibility index (Phi) is 2.50. The van der Waals surface area contributed by atoms with Crippen LogP contribution < -0.4 is 4.74 Å². The van der Waals surface area contributed by atoms with Crippen molar-refractivity contribution in [2.45, 2.75) is 13.0 Å². The van der Waals surface area contributed by atoms with E-state index >= 15 is 0 Å². The quantitative estimate of drug-likeness (QED) is 0.538. The molecule has 74 valence electrons. The Bertz CT molecular complexity index is 325. The minimum absolute atomic E-state index is 0.0714. The van der Waals surface area contributed by atoms with Crippen LogP contribution in [0.1, 0.15) is 17.3 Å². The fourth-order valence-corrected chi connectivity index (χ4v) is 1.14. The van der Waals surface area contributed by atoms with E-state index in [0.717, 1.165) is 12.4 Å². The van der Waals surface area contributed by atoms with Gasteiger partial charge in [0.15, 0.2) is 5.78 Å². The largest absolute Gasteiger partial charge is 0.491 e. The summed E-state index contributed by atoms with van der Waals surface area (Å²) >= 11 is 0. The number of ketones is 1. The number of hydrogen-bond donors (Lipinski definition) is 0. The number of epoxide rings is 1. The molecule has 1 aliphatic rings. The highest BCUT2D eigenvalue weighted by molar-refractivity contribution is 5.94. The predicted octanol–water partition coefficient (Wildman–Crippen LogP) is 1.67. The van der Waals surface area contributed by atoms with Gasteiger partial charge in [0.05, 0.1) is 6.61 Å². The smallest absolute Gasteiger partial charge is 0.159 e. The van der Waals surface area contributed by atoms with Crippen molar-refractivity contribution < 1.29 is 14.3 Å². The SMILES string of the molecule is CC(=O)c1ccc(OC[C@H]2CO2)cc1. The second-order valence-electron chi connectivity index (χ2n) is 3.35. The number of carbonyl (C=O) groups excluding carboxylic acids is 1. The van der Waals surface area contributed by atoms with Crippen molar-refractivity contribution in [2.24, 2.45) is 0 Å². The van der Waals surface area contributed by atoms with Crippen molar-refractivity contribution in [3.63, 3.8) is 0 Å². The summed E-state index contributed by atoms with van der Waals surface area (Å²) in [5.74, 6) is 0.854. The molecule has 0 N–H and O–H groups in total. The Hall–Kier alpha value is -1.35. The molecule has 3 heteroatoms. The minimum atomic E-state index is 0.0714. The fourth-order valence-electron chi connectivity index (χ4n) is 1.14. The third-order valence-electron chi connectivity index (χ3n) is 2.10. The summed E-state index contributed by atoms with van der Waals surface area (Å²) < 4.78 is 10.4. The summed E-state index contributed by atoms with van der Waals surface area (Å²) in [6.07, 6.45) is 0.266. The average Bonchev–Trinajstić information content (AvgIpc) is 2.99. The van der Waals surface area contributed by atoms with Crippen LogP contribution in [0.15, 0.2) is 24.3 Å². The van der Waals surface area contributed by atoms with E-state index in [4.69, 9.17) is 9.47 Å². The molecule has 0 saturated carbocycles. The summed E-state index contributed by atoms with van der Waals surface area (Å²) in [5, 5.41) is 0. The number of carbonyl (C=O) groups is 1. The molecule has 0 aromatic heterocycles. The van der Waals surface area contributed by atoms with Crippen molar-refractivity contribution in [3.8, 4) is 5.75 Å². The molecule has 1 aromatic rings. The Morgan fingerprint density at radius 3 is 2.64 bits per heavy atom. The number of rotatable bonds is 4. The molecule has 0 unspecified atom stereocenters. The van der Waals surface area contributed by atoms with Crippen LogP contribution >= 0.6 is 0 Å². The van der Waals surface area contributed by atoms with Crippen LogP contribution in [0.3, 0.4) is 0 Å². The normalized spacial score (nSPS) is 19.1. The van der Waals surface area contributed by atoms with Crippen LogP contribution in [0, 0.1) is 0 Å². The molecule has 0 spiro atoms. The highest BCUT2D eigenvalue weighted by atomic mass is 16.6. The zero-order valence-electron chi connectivity index (χ0n) is 8.03. The van der Waals surface area contributed by atoms with Gasteiger partial charge in [0.1, 0.15) is 18.5 Å². The van der Waals surface area contributed by atoms with E-state index in [1.165, 1.54) is 0 Å². The monoisotopic (exact) mass is 192 g/mol. The van der Waals surface area contributed by atoms with Gasteiger partial charge in [-0.25, -0.2) is 0 Å². The molecule has 2 rings (SSSR count). The summed E-state index contributed by atoms with van der Waals surface area (Å²) in [7, 11) is 0. The van der Waals surface area contributed by atoms with Crippen molar-refractivity contribution in [1.82, 2.24) is 0 Å². The first-order chi connectivity index (χ1) is 6.75. The first-order valence-electron chi connectivity index (χ1n) is 4.61. The zero-order chi connectivity index (χ0) is 9.97. The van der Waals surface area contributed by atoms with Crippen LogP contribution in [0.25, 0.3) is 0 Å². The highest BCUT2D eigenvalue weighted by Crippen LogP contribution is 2.15. The number of hydrogen-bond acceptors (Lipinski definition) is 3. The lowest BCUT2D eigenvalue weighted by Crippen LogP contribution is -2.04. The van der Waals surface area contributed by atoms with Gasteiger partial charge in [-0.2, -0.15) is 0 Å². The number of Topliss-reactive ketones (excluding diaryl/α,β-unsaturated/α-hetero) is 1. The second-order valence-corrected chi connectivity index (χ2v) is 3.35. The van der Waals surface area contributed by atoms with E-state index in [9.17, 15) is 4.79 Å². The minimum Gasteiger partial charge on any atom is -0.491 e. The van der Waals surface area contributed by atoms with E-state index in [-0.39, 0.29) is 11.9 Å². The van der Waals surface area contributed by atoms with Gasteiger partial charge in [-0.15, -0.1) is 0 Å². The standard InChI is InChI=1S/C11H12O3/c1-8(12)9-2-4-10(5-3-9)13-6-11-7-14-11/h2-5,11H,6-7H2,1H3/t11-/m0/s1. The molecule has 0 bridgehead atoms. The molecule has 1 atom stereocenters. The summed E-state index contributed by atoms with van der Waals surface area (Å²) in [4.78, 5) is 11.0. The van der Waals surface area contributed by atoms with Gasteiger partial charge in [-0.3, -0.25) is 4.79 Å². The van der Waals surface area contributed by atoms with Gasteiger partial charge in [0, 0.05) is 5.56 Å². The van der Waals surface area contributed by atoms with Crippen LogP contribution in [-0.4, -0.2) is 25.1 Å². The maximum absolute atomic E-state index is 11.0. The van der Waals surface area contributed by atoms with E-state index in [1.807, 2.05) is 0 Å². The molecule has 0 aliphatic carbocycles. The zero-order valence-corrected chi connectivity index (χ0v) is 8.03. The average molecular weight is 192 g/mol. The molecular formula is C11H12O3. The van der Waals surface area contributed by atoms with Gasteiger partial charge in [-0.05, 0) is 31.2 Å². The van der Waals surface area contributed by atoms with Gasteiger partial charge in [0.25, 0.3) is 0 Å². The van der Waals surface area contributed by atoms with Crippen molar-refractivity contribution >= 4 is 5.78 Å². The van der Waals surface area contributed by atoms with Gasteiger partial charge >= 0.3 is 0 Å². The summed E-state index contributed by atoms with van der Waals surface area (Å²) in [6, 6.07) is 7.15. The second kappa shape index (κ2) is 3.80. The Balaban J connectivity index is 1.94. The maximum Gasteiger partial charge on any atom is 0.159 e. The van der Waals surface area contributed by atoms with Crippen LogP contribution in [0.5, 0.6) is 5.75 Å².